The smallest absolute Gasteiger partial charge is 0.254 e. The lowest BCUT2D eigenvalue weighted by atomic mass is 10.0. The maximum absolute atomic E-state index is 13.4. The SMILES string of the molecule is COc1cc(/C=C/c2ccccc2C(=O)N2CCN(CCO)CC2)ccc1/C=C/c1ccccc1C(=O)N1CCN(CCO)CC1. The lowest BCUT2D eigenvalue weighted by molar-refractivity contribution is 0.0607. The summed E-state index contributed by atoms with van der Waals surface area (Å²) in [5, 5.41) is 18.4. The molecule has 2 heterocycles. The molecule has 0 saturated carbocycles. The van der Waals surface area contributed by atoms with Crippen molar-refractivity contribution in [2.24, 2.45) is 0 Å². The molecule has 242 valence electrons. The number of amides is 2. The molecule has 0 aliphatic carbocycles. The van der Waals surface area contributed by atoms with Gasteiger partial charge >= 0.3 is 0 Å². The van der Waals surface area contributed by atoms with Gasteiger partial charge in [-0.1, -0.05) is 72.8 Å². The fraction of sp³-hybridized carbons (Fsp3) is 0.351. The molecule has 3 aromatic rings. The van der Waals surface area contributed by atoms with E-state index in [0.29, 0.717) is 56.1 Å². The van der Waals surface area contributed by atoms with Gasteiger partial charge in [0, 0.05) is 82.1 Å². The number of aliphatic hydroxyl groups is 2. The van der Waals surface area contributed by atoms with Crippen molar-refractivity contribution < 1.29 is 24.5 Å². The Kier molecular flexibility index (Phi) is 11.7. The van der Waals surface area contributed by atoms with Crippen LogP contribution >= 0.6 is 0 Å². The molecule has 2 saturated heterocycles. The van der Waals surface area contributed by atoms with Crippen molar-refractivity contribution >= 4 is 36.1 Å². The maximum Gasteiger partial charge on any atom is 0.254 e. The lowest BCUT2D eigenvalue weighted by Crippen LogP contribution is -2.49. The highest BCUT2D eigenvalue weighted by atomic mass is 16.5. The number of ether oxygens (including phenoxy) is 1. The number of hydrogen-bond donors (Lipinski definition) is 2. The van der Waals surface area contributed by atoms with Crippen LogP contribution < -0.4 is 4.74 Å². The van der Waals surface area contributed by atoms with Gasteiger partial charge in [-0.3, -0.25) is 19.4 Å². The van der Waals surface area contributed by atoms with Crippen LogP contribution in [0.15, 0.2) is 66.7 Å². The fourth-order valence-electron chi connectivity index (χ4n) is 5.98. The minimum absolute atomic E-state index is 0.0130. The van der Waals surface area contributed by atoms with Gasteiger partial charge in [0.2, 0.25) is 0 Å². The third-order valence-corrected chi connectivity index (χ3v) is 8.69. The summed E-state index contributed by atoms with van der Waals surface area (Å²) in [6.07, 6.45) is 7.86. The van der Waals surface area contributed by atoms with Crippen molar-refractivity contribution in [2.45, 2.75) is 0 Å². The Morgan fingerprint density at radius 2 is 1.09 bits per heavy atom. The minimum Gasteiger partial charge on any atom is -0.496 e. The Morgan fingerprint density at radius 1 is 0.630 bits per heavy atom. The van der Waals surface area contributed by atoms with Crippen LogP contribution in [0.1, 0.15) is 43.0 Å². The second kappa shape index (κ2) is 16.3. The Hall–Kier alpha value is -4.28. The van der Waals surface area contributed by atoms with Gasteiger partial charge in [-0.25, -0.2) is 0 Å². The molecule has 2 aliphatic rings. The van der Waals surface area contributed by atoms with E-state index in [1.54, 1.807) is 7.11 Å². The van der Waals surface area contributed by atoms with Crippen LogP contribution in [-0.4, -0.2) is 127 Å². The Balaban J connectivity index is 1.27. The molecule has 9 nitrogen and oxygen atoms in total. The molecular formula is C37H44N4O5. The van der Waals surface area contributed by atoms with E-state index in [1.807, 2.05) is 101 Å². The molecule has 0 spiro atoms. The monoisotopic (exact) mass is 624 g/mol. The average Bonchev–Trinajstić information content (AvgIpc) is 3.10. The molecule has 5 rings (SSSR count). The van der Waals surface area contributed by atoms with E-state index >= 15 is 0 Å². The summed E-state index contributed by atoms with van der Waals surface area (Å²) in [5.41, 5.74) is 4.84. The highest BCUT2D eigenvalue weighted by molar-refractivity contribution is 5.99. The summed E-state index contributed by atoms with van der Waals surface area (Å²) >= 11 is 0. The molecule has 9 heteroatoms. The van der Waals surface area contributed by atoms with E-state index in [1.165, 1.54) is 0 Å². The quantitative estimate of drug-likeness (QED) is 0.315. The Labute approximate surface area is 271 Å². The number of benzene rings is 3. The van der Waals surface area contributed by atoms with Gasteiger partial charge in [0.05, 0.1) is 20.3 Å². The normalized spacial score (nSPS) is 16.4. The standard InChI is InChI=1S/C37H44N4O5/c1-46-35-28-29(10-12-30-6-2-4-8-33(30)36(44)40-20-16-38(17-21-40)24-26-42)11-13-32(35)15-14-31-7-3-5-9-34(31)37(45)41-22-18-39(19-23-41)25-27-43/h2-15,28,42-43H,16-27H2,1H3/b12-10+,15-14+. The van der Waals surface area contributed by atoms with Crippen LogP contribution in [0.3, 0.4) is 0 Å². The van der Waals surface area contributed by atoms with Crippen molar-refractivity contribution in [1.82, 2.24) is 19.6 Å². The predicted molar refractivity (Wildman–Crippen MR) is 183 cm³/mol. The van der Waals surface area contributed by atoms with E-state index < -0.39 is 0 Å². The van der Waals surface area contributed by atoms with E-state index in [0.717, 1.165) is 48.4 Å². The number of hydrogen-bond acceptors (Lipinski definition) is 7. The first-order chi connectivity index (χ1) is 22.5. The molecule has 2 aliphatic heterocycles. The van der Waals surface area contributed by atoms with Crippen molar-refractivity contribution in [1.29, 1.82) is 0 Å². The second-order valence-corrected chi connectivity index (χ2v) is 11.6. The zero-order chi connectivity index (χ0) is 32.3. The maximum atomic E-state index is 13.4. The van der Waals surface area contributed by atoms with Crippen molar-refractivity contribution in [2.75, 3.05) is 85.8 Å². The zero-order valence-electron chi connectivity index (χ0n) is 26.6. The molecule has 0 aromatic heterocycles. The number of β-amino-alcohol motifs (C(OH)–C–C–N with tert-alkyl or cyclic N) is 2. The number of rotatable bonds is 11. The molecule has 3 aromatic carbocycles. The van der Waals surface area contributed by atoms with Crippen molar-refractivity contribution in [3.8, 4) is 5.75 Å². The van der Waals surface area contributed by atoms with Gasteiger partial charge in [-0.15, -0.1) is 0 Å². The summed E-state index contributed by atoms with van der Waals surface area (Å²) in [5.74, 6) is 0.732. The summed E-state index contributed by atoms with van der Waals surface area (Å²) in [6.45, 7) is 7.13. The van der Waals surface area contributed by atoms with Gasteiger partial charge in [0.25, 0.3) is 11.8 Å². The van der Waals surface area contributed by atoms with E-state index in [4.69, 9.17) is 4.74 Å². The van der Waals surface area contributed by atoms with Gasteiger partial charge in [-0.05, 0) is 34.9 Å². The van der Waals surface area contributed by atoms with Crippen LogP contribution in [0.25, 0.3) is 24.3 Å². The Bertz CT molecular complexity index is 1540. The van der Waals surface area contributed by atoms with E-state index in [9.17, 15) is 19.8 Å². The van der Waals surface area contributed by atoms with Crippen LogP contribution in [0, 0.1) is 0 Å². The third-order valence-electron chi connectivity index (χ3n) is 8.69. The highest BCUT2D eigenvalue weighted by Crippen LogP contribution is 2.26. The number of carbonyl (C=O) groups excluding carboxylic acids is 2. The highest BCUT2D eigenvalue weighted by Gasteiger charge is 2.24. The molecule has 2 amide bonds. The zero-order valence-corrected chi connectivity index (χ0v) is 26.6. The molecule has 2 N–H and O–H groups in total. The number of aliphatic hydroxyl groups excluding tert-OH is 2. The number of carbonyl (C=O) groups is 2. The largest absolute Gasteiger partial charge is 0.496 e. The van der Waals surface area contributed by atoms with Gasteiger partial charge in [0.1, 0.15) is 5.75 Å². The van der Waals surface area contributed by atoms with Crippen LogP contribution in [0.2, 0.25) is 0 Å². The molecule has 0 unspecified atom stereocenters. The van der Waals surface area contributed by atoms with E-state index in [2.05, 4.69) is 9.80 Å². The molecule has 0 radical (unpaired) electrons. The molecule has 0 bridgehead atoms. The number of piperazine rings is 2. The number of nitrogens with zero attached hydrogens (tertiary/aromatic N) is 4. The van der Waals surface area contributed by atoms with Crippen molar-refractivity contribution in [3.63, 3.8) is 0 Å². The fourth-order valence-corrected chi connectivity index (χ4v) is 5.98. The van der Waals surface area contributed by atoms with Gasteiger partial charge in [0.15, 0.2) is 0 Å². The van der Waals surface area contributed by atoms with Gasteiger partial charge < -0.3 is 24.7 Å². The lowest BCUT2D eigenvalue weighted by Gasteiger charge is -2.34. The first kappa shape index (κ1) is 33.1. The average molecular weight is 625 g/mol. The second-order valence-electron chi connectivity index (χ2n) is 11.6. The van der Waals surface area contributed by atoms with Crippen LogP contribution in [0.4, 0.5) is 0 Å². The predicted octanol–water partition coefficient (Wildman–Crippen LogP) is 3.54. The summed E-state index contributed by atoms with van der Waals surface area (Å²) in [4.78, 5) is 34.9. The summed E-state index contributed by atoms with van der Waals surface area (Å²) in [6, 6.07) is 21.2. The first-order valence-electron chi connectivity index (χ1n) is 16.0. The first-order valence-corrected chi connectivity index (χ1v) is 16.0. The van der Waals surface area contributed by atoms with Gasteiger partial charge in [-0.2, -0.15) is 0 Å². The van der Waals surface area contributed by atoms with Crippen LogP contribution in [0.5, 0.6) is 5.75 Å². The van der Waals surface area contributed by atoms with E-state index in [-0.39, 0.29) is 25.0 Å². The molecular weight excluding hydrogens is 580 g/mol. The Morgan fingerprint density at radius 3 is 1.57 bits per heavy atom. The minimum atomic E-state index is 0.0130. The topological polar surface area (TPSA) is 96.8 Å². The molecule has 0 atom stereocenters. The summed E-state index contributed by atoms with van der Waals surface area (Å²) in [7, 11) is 1.64. The molecule has 2 fully saturated rings. The number of methoxy groups -OCH3 is 1. The molecule has 46 heavy (non-hydrogen) atoms. The summed E-state index contributed by atoms with van der Waals surface area (Å²) < 4.78 is 5.73. The van der Waals surface area contributed by atoms with Crippen LogP contribution in [-0.2, 0) is 0 Å². The third kappa shape index (κ3) is 8.30. The van der Waals surface area contributed by atoms with Crippen molar-refractivity contribution in [3.05, 3.63) is 100 Å².